The second-order valence-electron chi connectivity index (χ2n) is 4.88. The lowest BCUT2D eigenvalue weighted by Gasteiger charge is -2.20. The molecule has 1 atom stereocenters. The summed E-state index contributed by atoms with van der Waals surface area (Å²) in [5.41, 5.74) is 1.05. The molecule has 1 saturated heterocycles. The molecule has 1 heterocycles. The average molecular weight is 279 g/mol. The van der Waals surface area contributed by atoms with Crippen molar-refractivity contribution in [2.45, 2.75) is 25.8 Å². The van der Waals surface area contributed by atoms with Gasteiger partial charge in [0.05, 0.1) is 23.7 Å². The van der Waals surface area contributed by atoms with Gasteiger partial charge in [-0.1, -0.05) is 11.6 Å². The molecular weight excluding hydrogens is 262 g/mol. The van der Waals surface area contributed by atoms with E-state index in [2.05, 4.69) is 5.32 Å². The highest BCUT2D eigenvalue weighted by atomic mass is 35.5. The summed E-state index contributed by atoms with van der Waals surface area (Å²) in [6.45, 7) is 4.06. The number of benzene rings is 1. The fourth-order valence-corrected chi connectivity index (χ4v) is 2.60. The van der Waals surface area contributed by atoms with Crippen LogP contribution in [0.5, 0.6) is 0 Å². The van der Waals surface area contributed by atoms with Crippen molar-refractivity contribution >= 4 is 23.2 Å². The van der Waals surface area contributed by atoms with Gasteiger partial charge in [0.2, 0.25) is 0 Å². The van der Waals surface area contributed by atoms with Gasteiger partial charge in [0.15, 0.2) is 6.04 Å². The molecule has 0 spiro atoms. The highest BCUT2D eigenvalue weighted by molar-refractivity contribution is 6.32. The van der Waals surface area contributed by atoms with Gasteiger partial charge in [-0.2, -0.15) is 5.26 Å². The van der Waals surface area contributed by atoms with Crippen molar-refractivity contribution in [2.24, 2.45) is 0 Å². The van der Waals surface area contributed by atoms with Gasteiger partial charge in [-0.25, -0.2) is 0 Å². The zero-order valence-corrected chi connectivity index (χ0v) is 11.6. The van der Waals surface area contributed by atoms with Gasteiger partial charge in [-0.05, 0) is 25.1 Å². The number of hydrogen-bond donors (Lipinski definition) is 2. The van der Waals surface area contributed by atoms with Crippen LogP contribution in [0.1, 0.15) is 25.3 Å². The first-order valence-electron chi connectivity index (χ1n) is 6.47. The first-order chi connectivity index (χ1) is 9.11. The third-order valence-electron chi connectivity index (χ3n) is 3.61. The molecule has 1 amide bonds. The van der Waals surface area contributed by atoms with E-state index in [1.54, 1.807) is 18.2 Å². The number of carbonyl (C=O) groups excluding carboxylic acids is 1. The molecule has 0 saturated carbocycles. The van der Waals surface area contributed by atoms with E-state index < -0.39 is 0 Å². The number of anilines is 1. The summed E-state index contributed by atoms with van der Waals surface area (Å²) in [7, 11) is 0. The molecule has 4 nitrogen and oxygen atoms in total. The zero-order valence-electron chi connectivity index (χ0n) is 10.9. The van der Waals surface area contributed by atoms with Crippen LogP contribution in [0.15, 0.2) is 18.2 Å². The van der Waals surface area contributed by atoms with Gasteiger partial charge in [0.25, 0.3) is 5.91 Å². The molecule has 100 valence electrons. The lowest BCUT2D eigenvalue weighted by Crippen LogP contribution is -3.14. The summed E-state index contributed by atoms with van der Waals surface area (Å²) in [5.74, 6) is -0.00215. The molecule has 0 aromatic heterocycles. The minimum atomic E-state index is -0.0584. The molecule has 0 radical (unpaired) electrons. The van der Waals surface area contributed by atoms with Crippen LogP contribution in [0.3, 0.4) is 0 Å². The maximum Gasteiger partial charge on any atom is 0.282 e. The molecular formula is C14H17ClN3O+. The monoisotopic (exact) mass is 278 g/mol. The second kappa shape index (κ2) is 6.05. The summed E-state index contributed by atoms with van der Waals surface area (Å²) >= 11 is 5.94. The van der Waals surface area contributed by atoms with E-state index in [1.807, 2.05) is 13.0 Å². The summed E-state index contributed by atoms with van der Waals surface area (Å²) < 4.78 is 0. The Hall–Kier alpha value is -1.57. The van der Waals surface area contributed by atoms with Gasteiger partial charge < -0.3 is 10.2 Å². The van der Waals surface area contributed by atoms with E-state index in [-0.39, 0.29) is 11.9 Å². The fraction of sp³-hybridized carbons (Fsp3) is 0.429. The Morgan fingerprint density at radius 1 is 1.47 bits per heavy atom. The number of hydrogen-bond acceptors (Lipinski definition) is 2. The van der Waals surface area contributed by atoms with Crippen LogP contribution in [-0.4, -0.2) is 25.0 Å². The van der Waals surface area contributed by atoms with Crippen molar-refractivity contribution in [3.63, 3.8) is 0 Å². The van der Waals surface area contributed by atoms with Crippen molar-refractivity contribution < 1.29 is 9.69 Å². The van der Waals surface area contributed by atoms with Crippen LogP contribution >= 0.6 is 11.6 Å². The molecule has 1 aromatic carbocycles. The second-order valence-corrected chi connectivity index (χ2v) is 5.29. The molecule has 1 aromatic rings. The van der Waals surface area contributed by atoms with Gasteiger partial charge in [-0.3, -0.25) is 4.79 Å². The first-order valence-corrected chi connectivity index (χ1v) is 6.84. The number of likely N-dealkylation sites (tertiary alicyclic amines) is 1. The number of halogens is 1. The average Bonchev–Trinajstić information content (AvgIpc) is 2.92. The van der Waals surface area contributed by atoms with E-state index in [9.17, 15) is 4.79 Å². The van der Waals surface area contributed by atoms with Gasteiger partial charge in [0.1, 0.15) is 6.07 Å². The van der Waals surface area contributed by atoms with Crippen molar-refractivity contribution in [3.05, 3.63) is 28.8 Å². The normalized spacial score (nSPS) is 16.9. The number of nitrogens with zero attached hydrogens (tertiary/aromatic N) is 1. The number of carbonyl (C=O) groups is 1. The molecule has 2 rings (SSSR count). The summed E-state index contributed by atoms with van der Waals surface area (Å²) in [5, 5.41) is 12.0. The summed E-state index contributed by atoms with van der Waals surface area (Å²) in [6, 6.07) is 6.87. The Morgan fingerprint density at radius 3 is 2.74 bits per heavy atom. The number of quaternary nitrogens is 1. The molecule has 0 bridgehead atoms. The van der Waals surface area contributed by atoms with Crippen molar-refractivity contribution in [1.29, 1.82) is 5.26 Å². The first kappa shape index (κ1) is 13.9. The van der Waals surface area contributed by atoms with Crippen LogP contribution in [-0.2, 0) is 4.79 Å². The molecule has 0 aliphatic carbocycles. The van der Waals surface area contributed by atoms with E-state index in [4.69, 9.17) is 16.9 Å². The van der Waals surface area contributed by atoms with E-state index in [0.717, 1.165) is 13.1 Å². The minimum Gasteiger partial charge on any atom is -0.325 e. The number of rotatable bonds is 3. The van der Waals surface area contributed by atoms with Gasteiger partial charge in [0, 0.05) is 18.5 Å². The minimum absolute atomic E-state index is 0.00215. The molecule has 1 fully saturated rings. The Balaban J connectivity index is 2.02. The highest BCUT2D eigenvalue weighted by Gasteiger charge is 2.27. The zero-order chi connectivity index (χ0) is 13.8. The Morgan fingerprint density at radius 2 is 2.16 bits per heavy atom. The van der Waals surface area contributed by atoms with Crippen molar-refractivity contribution in [2.75, 3.05) is 18.4 Å². The van der Waals surface area contributed by atoms with Gasteiger partial charge in [-0.15, -0.1) is 0 Å². The molecule has 2 N–H and O–H groups in total. The lowest BCUT2D eigenvalue weighted by molar-refractivity contribution is -0.901. The van der Waals surface area contributed by atoms with E-state index in [0.29, 0.717) is 16.3 Å². The van der Waals surface area contributed by atoms with Crippen LogP contribution in [0.25, 0.3) is 0 Å². The predicted octanol–water partition coefficient (Wildman–Crippen LogP) is 1.22. The SMILES string of the molecule is C[C@H](C(=O)Nc1ccc(C#N)c(Cl)c1)[NH+]1CCCC1. The predicted molar refractivity (Wildman–Crippen MR) is 74.2 cm³/mol. The third kappa shape index (κ3) is 3.25. The van der Waals surface area contributed by atoms with Crippen LogP contribution in [0, 0.1) is 11.3 Å². The molecule has 1 aliphatic heterocycles. The quantitative estimate of drug-likeness (QED) is 0.873. The number of nitriles is 1. The maximum absolute atomic E-state index is 12.1. The maximum atomic E-state index is 12.1. The van der Waals surface area contributed by atoms with Crippen LogP contribution in [0.2, 0.25) is 5.02 Å². The standard InChI is InChI=1S/C14H16ClN3O/c1-10(18-6-2-3-7-18)14(19)17-12-5-4-11(9-16)13(15)8-12/h4-5,8,10H,2-3,6-7H2,1H3,(H,17,19)/p+1/t10-/m1/s1. The van der Waals surface area contributed by atoms with E-state index in [1.165, 1.54) is 17.7 Å². The lowest BCUT2D eigenvalue weighted by atomic mass is 10.2. The Kier molecular flexibility index (Phi) is 4.41. The topological polar surface area (TPSA) is 57.3 Å². The Bertz CT molecular complexity index is 518. The van der Waals surface area contributed by atoms with E-state index >= 15 is 0 Å². The third-order valence-corrected chi connectivity index (χ3v) is 3.92. The Labute approximate surface area is 118 Å². The van der Waals surface area contributed by atoms with Crippen LogP contribution < -0.4 is 10.2 Å². The van der Waals surface area contributed by atoms with Crippen molar-refractivity contribution in [3.8, 4) is 6.07 Å². The van der Waals surface area contributed by atoms with Gasteiger partial charge >= 0.3 is 0 Å². The smallest absolute Gasteiger partial charge is 0.282 e. The largest absolute Gasteiger partial charge is 0.325 e. The molecule has 0 unspecified atom stereocenters. The van der Waals surface area contributed by atoms with Crippen molar-refractivity contribution in [1.82, 2.24) is 0 Å². The van der Waals surface area contributed by atoms with Crippen LogP contribution in [0.4, 0.5) is 5.69 Å². The fourth-order valence-electron chi connectivity index (χ4n) is 2.38. The summed E-state index contributed by atoms with van der Waals surface area (Å²) in [6.07, 6.45) is 2.38. The highest BCUT2D eigenvalue weighted by Crippen LogP contribution is 2.20. The summed E-state index contributed by atoms with van der Waals surface area (Å²) in [4.78, 5) is 13.5. The number of amides is 1. The molecule has 19 heavy (non-hydrogen) atoms. The number of nitrogens with one attached hydrogen (secondary N) is 2. The molecule has 5 heteroatoms. The molecule has 1 aliphatic rings.